The second-order valence-electron chi connectivity index (χ2n) is 9.21. The van der Waals surface area contributed by atoms with Crippen molar-refractivity contribution in [2.24, 2.45) is 0 Å². The van der Waals surface area contributed by atoms with Crippen LogP contribution in [0.3, 0.4) is 0 Å². The van der Waals surface area contributed by atoms with E-state index in [9.17, 15) is 5.53 Å². The van der Waals surface area contributed by atoms with Gasteiger partial charge in [0.25, 0.3) is 0 Å². The van der Waals surface area contributed by atoms with E-state index >= 15 is 0 Å². The maximum atomic E-state index is 9.30. The fourth-order valence-electron chi connectivity index (χ4n) is 4.36. The van der Waals surface area contributed by atoms with E-state index in [4.69, 9.17) is 0 Å². The Morgan fingerprint density at radius 2 is 1.38 bits per heavy atom. The Hall–Kier alpha value is -2.17. The zero-order valence-electron chi connectivity index (χ0n) is 24.3. The monoisotopic (exact) mass is 544 g/mol. The topological polar surface area (TPSA) is 36.4 Å². The molecule has 0 fully saturated rings. The quantitative estimate of drug-likeness (QED) is 0.0702. The molecule has 0 amide bonds. The molecule has 2 rings (SSSR count). The Kier molecular flexibility index (Phi) is 18.5. The van der Waals surface area contributed by atoms with Gasteiger partial charge in [-0.2, -0.15) is 0 Å². The third-order valence-electron chi connectivity index (χ3n) is 6.40. The first-order valence-corrected chi connectivity index (χ1v) is 15.8. The first-order valence-electron chi connectivity index (χ1n) is 14.4. The van der Waals surface area contributed by atoms with Crippen molar-refractivity contribution >= 4 is 11.4 Å². The van der Waals surface area contributed by atoms with Gasteiger partial charge in [0.2, 0.25) is 0 Å². The summed E-state index contributed by atoms with van der Waals surface area (Å²) in [6, 6.07) is 18.1. The molecule has 0 heterocycles. The Morgan fingerprint density at radius 3 is 1.89 bits per heavy atom. The summed E-state index contributed by atoms with van der Waals surface area (Å²) in [5.74, 6) is 2.89. The van der Waals surface area contributed by atoms with Gasteiger partial charge >= 0.3 is 44.9 Å². The number of allylic oxidation sites excluding steroid dienone is 2. The van der Waals surface area contributed by atoms with E-state index in [-0.39, 0.29) is 0 Å². The van der Waals surface area contributed by atoms with Crippen molar-refractivity contribution in [1.82, 2.24) is 0 Å². The van der Waals surface area contributed by atoms with Gasteiger partial charge in [0, 0.05) is 0 Å². The van der Waals surface area contributed by atoms with E-state index in [1.807, 2.05) is 14.4 Å². The third-order valence-corrected chi connectivity index (χ3v) is 7.39. The van der Waals surface area contributed by atoms with E-state index in [0.717, 1.165) is 44.1 Å². The van der Waals surface area contributed by atoms with Gasteiger partial charge in [0.15, 0.2) is 0 Å². The molecule has 0 saturated carbocycles. The van der Waals surface area contributed by atoms with Gasteiger partial charge in [0.1, 0.15) is 0 Å². The summed E-state index contributed by atoms with van der Waals surface area (Å²) in [6.07, 6.45) is 11.0. The van der Waals surface area contributed by atoms with E-state index in [1.54, 1.807) is 0 Å². The van der Waals surface area contributed by atoms with Crippen LogP contribution < -0.4 is 0 Å². The second-order valence-corrected chi connectivity index (χ2v) is 11.1. The van der Waals surface area contributed by atoms with Crippen molar-refractivity contribution < 1.29 is 19.2 Å². The fraction of sp³-hybridized carbons (Fsp3) is 0.529. The van der Waals surface area contributed by atoms with Crippen molar-refractivity contribution in [1.29, 1.82) is 0 Å². The molecule has 0 radical (unpaired) electrons. The number of rotatable bonds is 15. The number of nitrogens with zero attached hydrogens (tertiary/aromatic N) is 2. The van der Waals surface area contributed by atoms with Crippen LogP contribution >= 0.6 is 0 Å². The first-order chi connectivity index (χ1) is 18.1. The van der Waals surface area contributed by atoms with Crippen LogP contribution in [0.4, 0.5) is 0 Å². The van der Waals surface area contributed by atoms with Gasteiger partial charge in [-0.25, -0.2) is 0 Å². The molecule has 0 aliphatic carbocycles. The molecule has 0 aliphatic heterocycles. The first kappa shape index (κ1) is 32.9. The maximum absolute atomic E-state index is 9.30. The average Bonchev–Trinajstić information content (AvgIpc) is 2.93. The number of hydrogen-bond acceptors (Lipinski definition) is 0. The van der Waals surface area contributed by atoms with Crippen LogP contribution in [-0.4, -0.2) is 10.7 Å². The van der Waals surface area contributed by atoms with Crippen LogP contribution in [0.2, 0.25) is 10.8 Å². The summed E-state index contributed by atoms with van der Waals surface area (Å²) >= 11 is 1.82. The molecule has 2 aromatic rings. The Balaban J connectivity index is 0.00000124. The minimum atomic E-state index is 0.788. The van der Waals surface area contributed by atoms with Crippen LogP contribution in [0.15, 0.2) is 59.7 Å². The molecule has 0 atom stereocenters. The number of benzene rings is 2. The van der Waals surface area contributed by atoms with Crippen molar-refractivity contribution in [3.8, 4) is 0 Å². The van der Waals surface area contributed by atoms with Crippen molar-refractivity contribution in [2.75, 3.05) is 0 Å². The normalized spacial score (nSPS) is 11.2. The Bertz CT molecular complexity index is 1000. The number of hydrogen-bond donors (Lipinski definition) is 0. The number of aryl methyl sites for hydroxylation is 2. The van der Waals surface area contributed by atoms with Crippen LogP contribution in [0.25, 0.3) is 11.1 Å². The minimum absolute atomic E-state index is 0.788. The summed E-state index contributed by atoms with van der Waals surface area (Å²) < 4.78 is 0. The summed E-state index contributed by atoms with van der Waals surface area (Å²) in [7, 11) is 0. The van der Waals surface area contributed by atoms with Gasteiger partial charge in [-0.3, -0.25) is 0 Å². The van der Waals surface area contributed by atoms with E-state index in [1.165, 1.54) is 69.9 Å². The van der Waals surface area contributed by atoms with Crippen LogP contribution in [0, 0.1) is 0 Å². The molecule has 0 saturated heterocycles. The predicted octanol–water partition coefficient (Wildman–Crippen LogP) is 10.5. The van der Waals surface area contributed by atoms with Gasteiger partial charge in [0.05, 0.1) is 5.57 Å². The van der Waals surface area contributed by atoms with E-state index in [2.05, 4.69) is 101 Å². The fourth-order valence-corrected chi connectivity index (χ4v) is 4.85. The summed E-state index contributed by atoms with van der Waals surface area (Å²) in [6.45, 7) is 13.2. The summed E-state index contributed by atoms with van der Waals surface area (Å²) in [4.78, 5) is 3.29. The van der Waals surface area contributed by atoms with Gasteiger partial charge in [-0.05, 0) is 78.3 Å². The molecule has 0 spiro atoms. The van der Waals surface area contributed by atoms with Crippen LogP contribution in [-0.2, 0) is 27.3 Å². The number of unbranched alkanes of at least 4 members (excludes halogenated alkanes) is 3. The zero-order chi connectivity index (χ0) is 27.3. The van der Waals surface area contributed by atoms with Crippen molar-refractivity contribution in [2.45, 2.75) is 117 Å². The molecule has 0 bridgehead atoms. The van der Waals surface area contributed by atoms with Gasteiger partial charge in [-0.15, -0.1) is 4.79 Å². The van der Waals surface area contributed by atoms with Crippen molar-refractivity contribution in [3.05, 3.63) is 87.5 Å². The molecule has 3 heteroatoms. The molecule has 0 N–H and O–H groups in total. The molecule has 0 unspecified atom stereocenters. The standard InChI is InChI=1S/C30H40N2.2C2H5.Ni/c1-5-9-13-24-18-20-27(21-19-24)30(28-16-12-15-25(22-28)14-10-6-2)29(17-11-7-3)26(8-4)23-32-31;2*1-2;/h12,15-16,18-22H,5-11,13-14,17H2,1-4H3;2*1H2,2H3;. The summed E-state index contributed by atoms with van der Waals surface area (Å²) in [5, 5.41) is 2.56. The van der Waals surface area contributed by atoms with Crippen molar-refractivity contribution in [3.63, 3.8) is 0 Å². The zero-order valence-corrected chi connectivity index (χ0v) is 25.3. The SMILES string of the molecule is CCCCC(C(=C=[N+]=[N-])CC)=C(c1ccc(CCCC)cc1)c1cccc(CCCC)c1.C[CH2][Ni][CH2]C. The van der Waals surface area contributed by atoms with Crippen LogP contribution in [0.1, 0.15) is 115 Å². The van der Waals surface area contributed by atoms with E-state index < -0.39 is 0 Å². The second kappa shape index (κ2) is 20.8. The Morgan fingerprint density at radius 1 is 0.757 bits per heavy atom. The Labute approximate surface area is 234 Å². The third kappa shape index (κ3) is 12.3. The molecule has 37 heavy (non-hydrogen) atoms. The van der Waals surface area contributed by atoms with Gasteiger partial charge < -0.3 is 5.53 Å². The average molecular weight is 545 g/mol. The molecular weight excluding hydrogens is 495 g/mol. The molecular formula is C34H50N2Ni. The van der Waals surface area contributed by atoms with E-state index in [0.29, 0.717) is 0 Å². The molecule has 2 aromatic carbocycles. The molecule has 206 valence electrons. The predicted molar refractivity (Wildman–Crippen MR) is 159 cm³/mol. The van der Waals surface area contributed by atoms with Crippen LogP contribution in [0.5, 0.6) is 0 Å². The molecule has 2 nitrogen and oxygen atoms in total. The van der Waals surface area contributed by atoms with Gasteiger partial charge in [-0.1, -0.05) is 95.5 Å². The molecule has 0 aliphatic rings. The summed E-state index contributed by atoms with van der Waals surface area (Å²) in [5.41, 5.74) is 18.0. The molecule has 0 aromatic heterocycles.